The van der Waals surface area contributed by atoms with Crippen LogP contribution in [0.25, 0.3) is 0 Å². The van der Waals surface area contributed by atoms with E-state index in [-0.39, 0.29) is 0 Å². The molecule has 0 atom stereocenters. The summed E-state index contributed by atoms with van der Waals surface area (Å²) in [6, 6.07) is 13.3. The maximum atomic E-state index is 12.5. The molecular formula is C19H21F3N2S2. The van der Waals surface area contributed by atoms with Gasteiger partial charge in [-0.15, -0.1) is 0 Å². The lowest BCUT2D eigenvalue weighted by Gasteiger charge is -2.12. The van der Waals surface area contributed by atoms with Gasteiger partial charge in [-0.05, 0) is 61.1 Å². The average molecular weight is 399 g/mol. The minimum atomic E-state index is -4.33. The van der Waals surface area contributed by atoms with Crippen LogP contribution in [0.1, 0.15) is 23.1 Å². The lowest BCUT2D eigenvalue weighted by molar-refractivity contribution is -0.137. The monoisotopic (exact) mass is 398 g/mol. The van der Waals surface area contributed by atoms with Gasteiger partial charge in [-0.1, -0.05) is 29.8 Å². The van der Waals surface area contributed by atoms with Gasteiger partial charge >= 0.3 is 6.18 Å². The summed E-state index contributed by atoms with van der Waals surface area (Å²) in [7, 11) is 0. The van der Waals surface area contributed by atoms with E-state index in [1.54, 1.807) is 0 Å². The maximum Gasteiger partial charge on any atom is 0.416 e. The van der Waals surface area contributed by atoms with Crippen LogP contribution in [0.4, 0.5) is 18.9 Å². The second kappa shape index (κ2) is 9.83. The number of halogens is 3. The Morgan fingerprint density at radius 3 is 2.50 bits per heavy atom. The number of alkyl halides is 3. The van der Waals surface area contributed by atoms with Crippen molar-refractivity contribution in [2.45, 2.75) is 25.3 Å². The summed E-state index contributed by atoms with van der Waals surface area (Å²) in [6.45, 7) is 2.80. The van der Waals surface area contributed by atoms with Crippen molar-refractivity contribution in [2.75, 3.05) is 17.6 Å². The van der Waals surface area contributed by atoms with E-state index < -0.39 is 11.7 Å². The average Bonchev–Trinajstić information content (AvgIpc) is 2.58. The van der Waals surface area contributed by atoms with E-state index in [2.05, 4.69) is 41.8 Å². The zero-order chi connectivity index (χ0) is 19.0. The summed E-state index contributed by atoms with van der Waals surface area (Å²) >= 11 is 7.02. The van der Waals surface area contributed by atoms with Gasteiger partial charge in [0.15, 0.2) is 5.11 Å². The van der Waals surface area contributed by atoms with Crippen LogP contribution in [-0.2, 0) is 11.9 Å². The quantitative estimate of drug-likeness (QED) is 0.467. The summed E-state index contributed by atoms with van der Waals surface area (Å²) in [6.07, 6.45) is -3.38. The van der Waals surface area contributed by atoms with E-state index in [0.717, 1.165) is 30.1 Å². The highest BCUT2D eigenvalue weighted by Crippen LogP contribution is 2.29. The first-order valence-corrected chi connectivity index (χ1v) is 9.76. The molecule has 2 rings (SSSR count). The number of hydrogen-bond donors (Lipinski definition) is 2. The SMILES string of the molecule is Cc1cccc(CSCCCNC(=S)Nc2ccc(C(F)(F)F)cc2)c1. The number of rotatable bonds is 7. The first-order valence-electron chi connectivity index (χ1n) is 8.20. The fourth-order valence-corrected chi connectivity index (χ4v) is 3.41. The Kier molecular flexibility index (Phi) is 7.78. The Morgan fingerprint density at radius 1 is 1.12 bits per heavy atom. The maximum absolute atomic E-state index is 12.5. The highest BCUT2D eigenvalue weighted by atomic mass is 32.2. The van der Waals surface area contributed by atoms with Crippen LogP contribution in [-0.4, -0.2) is 17.4 Å². The Bertz CT molecular complexity index is 715. The molecule has 0 aliphatic heterocycles. The number of aryl methyl sites for hydroxylation is 1. The van der Waals surface area contributed by atoms with Gasteiger partial charge in [0.05, 0.1) is 5.56 Å². The van der Waals surface area contributed by atoms with Crippen LogP contribution >= 0.6 is 24.0 Å². The van der Waals surface area contributed by atoms with Crippen molar-refractivity contribution >= 4 is 34.8 Å². The Labute approximate surface area is 161 Å². The molecule has 0 heterocycles. The lowest BCUT2D eigenvalue weighted by Crippen LogP contribution is -2.29. The van der Waals surface area contributed by atoms with E-state index in [9.17, 15) is 13.2 Å². The number of thioether (sulfide) groups is 1. The van der Waals surface area contributed by atoms with Crippen LogP contribution in [0.3, 0.4) is 0 Å². The molecule has 0 fully saturated rings. The highest BCUT2D eigenvalue weighted by Gasteiger charge is 2.29. The third kappa shape index (κ3) is 7.25. The molecule has 140 valence electrons. The van der Waals surface area contributed by atoms with Gasteiger partial charge in [0.25, 0.3) is 0 Å². The molecule has 0 aromatic heterocycles. The molecule has 0 bridgehead atoms. The molecule has 2 nitrogen and oxygen atoms in total. The zero-order valence-electron chi connectivity index (χ0n) is 14.4. The van der Waals surface area contributed by atoms with Gasteiger partial charge < -0.3 is 10.6 Å². The third-order valence-electron chi connectivity index (χ3n) is 3.57. The van der Waals surface area contributed by atoms with Crippen molar-refractivity contribution in [3.05, 3.63) is 65.2 Å². The first-order chi connectivity index (χ1) is 12.3. The van der Waals surface area contributed by atoms with Gasteiger partial charge in [-0.3, -0.25) is 0 Å². The number of hydrogen-bond acceptors (Lipinski definition) is 2. The fraction of sp³-hybridized carbons (Fsp3) is 0.316. The van der Waals surface area contributed by atoms with Gasteiger partial charge in [-0.25, -0.2) is 0 Å². The van der Waals surface area contributed by atoms with Crippen molar-refractivity contribution in [3.8, 4) is 0 Å². The molecule has 0 saturated heterocycles. The molecule has 2 aromatic carbocycles. The summed E-state index contributed by atoms with van der Waals surface area (Å²) < 4.78 is 37.6. The lowest BCUT2D eigenvalue weighted by atomic mass is 10.2. The smallest absolute Gasteiger partial charge is 0.362 e. The molecule has 0 unspecified atom stereocenters. The van der Waals surface area contributed by atoms with Gasteiger partial charge in [0, 0.05) is 18.0 Å². The molecule has 0 aliphatic rings. The van der Waals surface area contributed by atoms with Crippen molar-refractivity contribution in [1.82, 2.24) is 5.32 Å². The van der Waals surface area contributed by atoms with E-state index in [1.807, 2.05) is 11.8 Å². The molecule has 26 heavy (non-hydrogen) atoms. The Morgan fingerprint density at radius 2 is 1.85 bits per heavy atom. The number of thiocarbonyl (C=S) groups is 1. The van der Waals surface area contributed by atoms with Gasteiger partial charge in [0.2, 0.25) is 0 Å². The number of nitrogens with one attached hydrogen (secondary N) is 2. The van der Waals surface area contributed by atoms with E-state index in [4.69, 9.17) is 12.2 Å². The molecule has 0 spiro atoms. The predicted octanol–water partition coefficient (Wildman–Crippen LogP) is 5.62. The number of anilines is 1. The van der Waals surface area contributed by atoms with Crippen LogP contribution in [0.5, 0.6) is 0 Å². The molecule has 7 heteroatoms. The van der Waals surface area contributed by atoms with Crippen molar-refractivity contribution in [1.29, 1.82) is 0 Å². The molecule has 0 aliphatic carbocycles. The van der Waals surface area contributed by atoms with E-state index in [1.165, 1.54) is 23.3 Å². The van der Waals surface area contributed by atoms with E-state index >= 15 is 0 Å². The van der Waals surface area contributed by atoms with Crippen molar-refractivity contribution in [3.63, 3.8) is 0 Å². The fourth-order valence-electron chi connectivity index (χ4n) is 2.29. The summed E-state index contributed by atoms with van der Waals surface area (Å²) in [5, 5.41) is 6.37. The van der Waals surface area contributed by atoms with Crippen molar-refractivity contribution in [2.24, 2.45) is 0 Å². The molecule has 0 amide bonds. The highest BCUT2D eigenvalue weighted by molar-refractivity contribution is 7.98. The summed E-state index contributed by atoms with van der Waals surface area (Å²) in [5.41, 5.74) is 2.45. The third-order valence-corrected chi connectivity index (χ3v) is 4.93. The topological polar surface area (TPSA) is 24.1 Å². The molecule has 2 N–H and O–H groups in total. The summed E-state index contributed by atoms with van der Waals surface area (Å²) in [4.78, 5) is 0. The minimum absolute atomic E-state index is 0.411. The van der Waals surface area contributed by atoms with Crippen LogP contribution in [0.2, 0.25) is 0 Å². The normalized spacial score (nSPS) is 11.2. The molecule has 2 aromatic rings. The minimum Gasteiger partial charge on any atom is -0.362 e. The standard InChI is InChI=1S/C19H21F3N2S2/c1-14-4-2-5-15(12-14)13-26-11-3-10-23-18(25)24-17-8-6-16(7-9-17)19(20,21)22/h2,4-9,12H,3,10-11,13H2,1H3,(H2,23,24,25). The zero-order valence-corrected chi connectivity index (χ0v) is 16.0. The molecule has 0 saturated carbocycles. The second-order valence-corrected chi connectivity index (χ2v) is 7.36. The second-order valence-electron chi connectivity index (χ2n) is 5.85. The number of benzene rings is 2. The predicted molar refractivity (Wildman–Crippen MR) is 108 cm³/mol. The first kappa shape index (κ1) is 20.6. The molecule has 0 radical (unpaired) electrons. The van der Waals surface area contributed by atoms with Gasteiger partial charge in [0.1, 0.15) is 0 Å². The van der Waals surface area contributed by atoms with Crippen LogP contribution in [0.15, 0.2) is 48.5 Å². The Hall–Kier alpha value is -1.73. The van der Waals surface area contributed by atoms with E-state index in [0.29, 0.717) is 17.3 Å². The molecular weight excluding hydrogens is 377 g/mol. The Balaban J connectivity index is 1.61. The largest absolute Gasteiger partial charge is 0.416 e. The van der Waals surface area contributed by atoms with Crippen LogP contribution < -0.4 is 10.6 Å². The van der Waals surface area contributed by atoms with Crippen LogP contribution in [0, 0.1) is 6.92 Å². The van der Waals surface area contributed by atoms with Gasteiger partial charge in [-0.2, -0.15) is 24.9 Å². The summed E-state index contributed by atoms with van der Waals surface area (Å²) in [5.74, 6) is 1.99. The van der Waals surface area contributed by atoms with Crippen molar-refractivity contribution < 1.29 is 13.2 Å².